The van der Waals surface area contributed by atoms with Gasteiger partial charge in [0.15, 0.2) is 6.61 Å². The molecule has 0 fully saturated rings. The molecule has 0 aliphatic rings. The van der Waals surface area contributed by atoms with Crippen LogP contribution in [0.4, 0.5) is 11.5 Å². The van der Waals surface area contributed by atoms with E-state index in [0.717, 1.165) is 5.56 Å². The predicted molar refractivity (Wildman–Crippen MR) is 74.0 cm³/mol. The van der Waals surface area contributed by atoms with Crippen LogP contribution < -0.4 is 15.8 Å². The van der Waals surface area contributed by atoms with E-state index in [2.05, 4.69) is 10.3 Å². The van der Waals surface area contributed by atoms with Gasteiger partial charge in [0.25, 0.3) is 5.91 Å². The van der Waals surface area contributed by atoms with Crippen molar-refractivity contribution >= 4 is 17.4 Å². The van der Waals surface area contributed by atoms with Crippen LogP contribution >= 0.6 is 0 Å². The highest BCUT2D eigenvalue weighted by molar-refractivity contribution is 5.91. The second kappa shape index (κ2) is 5.86. The second-order valence-electron chi connectivity index (χ2n) is 4.12. The number of carbonyl (C=O) groups is 1. The topological polar surface area (TPSA) is 77.2 Å². The first kappa shape index (κ1) is 12.9. The predicted octanol–water partition coefficient (Wildman–Crippen LogP) is 1.99. The number of aryl methyl sites for hydroxylation is 1. The minimum absolute atomic E-state index is 0.0699. The Morgan fingerprint density at radius 3 is 2.74 bits per heavy atom. The molecular formula is C14H15N3O2. The number of nitrogen functional groups attached to an aromatic ring is 1. The maximum atomic E-state index is 11.6. The lowest BCUT2D eigenvalue weighted by Gasteiger charge is -2.07. The van der Waals surface area contributed by atoms with Crippen LogP contribution in [0.15, 0.2) is 42.6 Å². The summed E-state index contributed by atoms with van der Waals surface area (Å²) in [7, 11) is 0. The van der Waals surface area contributed by atoms with E-state index in [1.165, 1.54) is 6.20 Å². The molecule has 2 aromatic rings. The molecule has 0 spiro atoms. The SMILES string of the molecule is Cc1ccc(OCC(=O)Nc2cc(N)ccn2)cc1. The van der Waals surface area contributed by atoms with Gasteiger partial charge in [-0.3, -0.25) is 4.79 Å². The van der Waals surface area contributed by atoms with Gasteiger partial charge in [-0.25, -0.2) is 4.98 Å². The molecule has 2 rings (SSSR count). The molecule has 0 aliphatic carbocycles. The maximum absolute atomic E-state index is 11.6. The number of carbonyl (C=O) groups excluding carboxylic acids is 1. The van der Waals surface area contributed by atoms with Crippen LogP contribution in [0.1, 0.15) is 5.56 Å². The summed E-state index contributed by atoms with van der Waals surface area (Å²) in [6, 6.07) is 10.7. The standard InChI is InChI=1S/C14H15N3O2/c1-10-2-4-12(5-3-10)19-9-14(18)17-13-8-11(15)6-7-16-13/h2-8H,9H2,1H3,(H3,15,16,17,18). The van der Waals surface area contributed by atoms with E-state index in [1.807, 2.05) is 31.2 Å². The molecule has 1 aromatic carbocycles. The molecule has 1 aromatic heterocycles. The summed E-state index contributed by atoms with van der Waals surface area (Å²) in [5, 5.41) is 2.61. The molecule has 1 heterocycles. The number of rotatable bonds is 4. The highest BCUT2D eigenvalue weighted by Crippen LogP contribution is 2.12. The molecule has 0 saturated heterocycles. The van der Waals surface area contributed by atoms with Crippen molar-refractivity contribution in [1.82, 2.24) is 4.98 Å². The molecule has 0 unspecified atom stereocenters. The van der Waals surface area contributed by atoms with E-state index in [-0.39, 0.29) is 12.5 Å². The van der Waals surface area contributed by atoms with Gasteiger partial charge in [-0.05, 0) is 25.1 Å². The van der Waals surface area contributed by atoms with Gasteiger partial charge in [0.2, 0.25) is 0 Å². The zero-order chi connectivity index (χ0) is 13.7. The highest BCUT2D eigenvalue weighted by atomic mass is 16.5. The molecule has 0 radical (unpaired) electrons. The van der Waals surface area contributed by atoms with Crippen molar-refractivity contribution in [2.45, 2.75) is 6.92 Å². The van der Waals surface area contributed by atoms with E-state index in [9.17, 15) is 4.79 Å². The van der Waals surface area contributed by atoms with Crippen molar-refractivity contribution in [1.29, 1.82) is 0 Å². The summed E-state index contributed by atoms with van der Waals surface area (Å²) in [5.74, 6) is 0.789. The summed E-state index contributed by atoms with van der Waals surface area (Å²) in [6.45, 7) is 1.92. The normalized spacial score (nSPS) is 9.95. The Hall–Kier alpha value is -2.56. The third kappa shape index (κ3) is 3.99. The first-order chi connectivity index (χ1) is 9.13. The molecule has 0 saturated carbocycles. The molecule has 5 nitrogen and oxygen atoms in total. The molecule has 1 amide bonds. The third-order valence-electron chi connectivity index (χ3n) is 2.44. The lowest BCUT2D eigenvalue weighted by Crippen LogP contribution is -2.20. The van der Waals surface area contributed by atoms with Gasteiger partial charge < -0.3 is 15.8 Å². The third-order valence-corrected chi connectivity index (χ3v) is 2.44. The molecule has 3 N–H and O–H groups in total. The van der Waals surface area contributed by atoms with Gasteiger partial charge in [0.05, 0.1) is 0 Å². The van der Waals surface area contributed by atoms with Crippen LogP contribution in [0, 0.1) is 6.92 Å². The first-order valence-electron chi connectivity index (χ1n) is 5.84. The zero-order valence-corrected chi connectivity index (χ0v) is 10.6. The number of nitrogens with zero attached hydrogens (tertiary/aromatic N) is 1. The number of nitrogens with one attached hydrogen (secondary N) is 1. The minimum atomic E-state index is -0.279. The Kier molecular flexibility index (Phi) is 3.97. The molecule has 0 aliphatic heterocycles. The van der Waals surface area contributed by atoms with Crippen molar-refractivity contribution in [3.8, 4) is 5.75 Å². The van der Waals surface area contributed by atoms with Gasteiger partial charge in [-0.1, -0.05) is 17.7 Å². The Balaban J connectivity index is 1.86. The van der Waals surface area contributed by atoms with Crippen LogP contribution in [-0.4, -0.2) is 17.5 Å². The van der Waals surface area contributed by atoms with Crippen LogP contribution in [0.2, 0.25) is 0 Å². The van der Waals surface area contributed by atoms with Crippen molar-refractivity contribution in [2.75, 3.05) is 17.7 Å². The van der Waals surface area contributed by atoms with Crippen molar-refractivity contribution < 1.29 is 9.53 Å². The Bertz CT molecular complexity index is 567. The molecule has 5 heteroatoms. The number of pyridine rings is 1. The number of benzene rings is 1. The fourth-order valence-corrected chi connectivity index (χ4v) is 1.48. The first-order valence-corrected chi connectivity index (χ1v) is 5.84. The number of amides is 1. The Labute approximate surface area is 111 Å². The maximum Gasteiger partial charge on any atom is 0.263 e. The molecule has 19 heavy (non-hydrogen) atoms. The van der Waals surface area contributed by atoms with E-state index in [0.29, 0.717) is 17.3 Å². The summed E-state index contributed by atoms with van der Waals surface area (Å²) in [5.41, 5.74) is 7.28. The largest absolute Gasteiger partial charge is 0.484 e. The number of hydrogen-bond acceptors (Lipinski definition) is 4. The Morgan fingerprint density at radius 2 is 2.05 bits per heavy atom. The Morgan fingerprint density at radius 1 is 1.32 bits per heavy atom. The second-order valence-corrected chi connectivity index (χ2v) is 4.12. The number of hydrogen-bond donors (Lipinski definition) is 2. The summed E-state index contributed by atoms with van der Waals surface area (Å²) in [6.07, 6.45) is 1.53. The highest BCUT2D eigenvalue weighted by Gasteiger charge is 2.04. The van der Waals surface area contributed by atoms with E-state index >= 15 is 0 Å². The minimum Gasteiger partial charge on any atom is -0.484 e. The lowest BCUT2D eigenvalue weighted by molar-refractivity contribution is -0.118. The fraction of sp³-hybridized carbons (Fsp3) is 0.143. The fourth-order valence-electron chi connectivity index (χ4n) is 1.48. The molecule has 0 bridgehead atoms. The number of nitrogens with two attached hydrogens (primary N) is 1. The van der Waals surface area contributed by atoms with E-state index < -0.39 is 0 Å². The number of ether oxygens (including phenoxy) is 1. The molecule has 98 valence electrons. The molecule has 0 atom stereocenters. The van der Waals surface area contributed by atoms with Crippen LogP contribution in [0.5, 0.6) is 5.75 Å². The number of aromatic nitrogens is 1. The monoisotopic (exact) mass is 257 g/mol. The van der Waals surface area contributed by atoms with E-state index in [4.69, 9.17) is 10.5 Å². The van der Waals surface area contributed by atoms with Crippen LogP contribution in [0.3, 0.4) is 0 Å². The van der Waals surface area contributed by atoms with Crippen molar-refractivity contribution in [3.63, 3.8) is 0 Å². The molecular weight excluding hydrogens is 242 g/mol. The van der Waals surface area contributed by atoms with Gasteiger partial charge in [0.1, 0.15) is 11.6 Å². The van der Waals surface area contributed by atoms with Crippen molar-refractivity contribution in [3.05, 3.63) is 48.2 Å². The van der Waals surface area contributed by atoms with Gasteiger partial charge in [-0.15, -0.1) is 0 Å². The summed E-state index contributed by atoms with van der Waals surface area (Å²) >= 11 is 0. The summed E-state index contributed by atoms with van der Waals surface area (Å²) in [4.78, 5) is 15.6. The summed E-state index contributed by atoms with van der Waals surface area (Å²) < 4.78 is 5.35. The van der Waals surface area contributed by atoms with Crippen LogP contribution in [-0.2, 0) is 4.79 Å². The van der Waals surface area contributed by atoms with Gasteiger partial charge in [-0.2, -0.15) is 0 Å². The zero-order valence-electron chi connectivity index (χ0n) is 10.6. The average molecular weight is 257 g/mol. The smallest absolute Gasteiger partial charge is 0.263 e. The lowest BCUT2D eigenvalue weighted by atomic mass is 10.2. The van der Waals surface area contributed by atoms with Gasteiger partial charge >= 0.3 is 0 Å². The number of anilines is 2. The quantitative estimate of drug-likeness (QED) is 0.878. The van der Waals surface area contributed by atoms with E-state index in [1.54, 1.807) is 12.1 Å². The van der Waals surface area contributed by atoms with Crippen LogP contribution in [0.25, 0.3) is 0 Å². The van der Waals surface area contributed by atoms with Crippen molar-refractivity contribution in [2.24, 2.45) is 0 Å². The van der Waals surface area contributed by atoms with Gasteiger partial charge in [0, 0.05) is 18.0 Å². The average Bonchev–Trinajstić information content (AvgIpc) is 2.38.